The monoisotopic (exact) mass is 450 g/mol. The molecule has 1 heterocycles. The normalized spacial score (nSPS) is 33.1. The van der Waals surface area contributed by atoms with Crippen molar-refractivity contribution in [2.24, 2.45) is 5.73 Å². The number of nitrogens with zero attached hydrogens (tertiary/aromatic N) is 1. The van der Waals surface area contributed by atoms with Crippen molar-refractivity contribution >= 4 is 10.0 Å². The van der Waals surface area contributed by atoms with Crippen molar-refractivity contribution in [3.8, 4) is 0 Å². The van der Waals surface area contributed by atoms with Crippen molar-refractivity contribution in [3.63, 3.8) is 0 Å². The first kappa shape index (κ1) is 22.3. The lowest BCUT2D eigenvalue weighted by molar-refractivity contribution is -0.0750. The minimum absolute atomic E-state index is 0.0111. The van der Waals surface area contributed by atoms with E-state index in [0.717, 1.165) is 12.1 Å². The molecule has 2 aliphatic rings. The van der Waals surface area contributed by atoms with E-state index in [1.807, 2.05) is 6.07 Å². The summed E-state index contributed by atoms with van der Waals surface area (Å²) in [5, 5.41) is 9.27. The van der Waals surface area contributed by atoms with Gasteiger partial charge < -0.3 is 10.8 Å². The highest BCUT2D eigenvalue weighted by molar-refractivity contribution is 7.89. The van der Waals surface area contributed by atoms with Gasteiger partial charge in [0.25, 0.3) is 0 Å². The maximum absolute atomic E-state index is 15.0. The molecule has 4 rings (SSSR count). The van der Waals surface area contributed by atoms with Gasteiger partial charge in [0.2, 0.25) is 10.0 Å². The number of sulfonamides is 1. The van der Waals surface area contributed by atoms with Crippen LogP contribution in [0.3, 0.4) is 0 Å². The number of rotatable bonds is 4. The van der Waals surface area contributed by atoms with Gasteiger partial charge in [0, 0.05) is 29.3 Å². The third-order valence-electron chi connectivity index (χ3n) is 6.59. The summed E-state index contributed by atoms with van der Waals surface area (Å²) in [5.74, 6) is -1.38. The van der Waals surface area contributed by atoms with Gasteiger partial charge in [-0.1, -0.05) is 30.3 Å². The molecule has 0 unspecified atom stereocenters. The lowest BCUT2D eigenvalue weighted by Gasteiger charge is -2.49. The predicted molar refractivity (Wildman–Crippen MR) is 114 cm³/mol. The Morgan fingerprint density at radius 1 is 1.13 bits per heavy atom. The smallest absolute Gasteiger partial charge is 0.221 e. The molecule has 0 amide bonds. The van der Waals surface area contributed by atoms with Crippen molar-refractivity contribution < 1.29 is 22.3 Å². The Kier molecular flexibility index (Phi) is 5.49. The van der Waals surface area contributed by atoms with E-state index in [0.29, 0.717) is 18.4 Å². The number of hydrogen-bond acceptors (Lipinski definition) is 4. The first-order valence-electron chi connectivity index (χ1n) is 10.5. The Labute approximate surface area is 181 Å². The third kappa shape index (κ3) is 4.02. The molecule has 31 heavy (non-hydrogen) atoms. The lowest BCUT2D eigenvalue weighted by Crippen LogP contribution is -2.58. The van der Waals surface area contributed by atoms with E-state index in [-0.39, 0.29) is 36.6 Å². The van der Waals surface area contributed by atoms with Gasteiger partial charge in [0.1, 0.15) is 16.9 Å². The summed E-state index contributed by atoms with van der Waals surface area (Å²) in [4.78, 5) is 0. The molecule has 2 aromatic rings. The number of hydrogen-bond donors (Lipinski definition) is 2. The molecule has 0 bridgehead atoms. The van der Waals surface area contributed by atoms with Crippen LogP contribution in [0.15, 0.2) is 42.5 Å². The fourth-order valence-corrected chi connectivity index (χ4v) is 7.30. The number of aliphatic hydroxyl groups is 1. The molecule has 0 radical (unpaired) electrons. The molecule has 1 aliphatic heterocycles. The van der Waals surface area contributed by atoms with Crippen molar-refractivity contribution in [1.82, 2.24) is 4.31 Å². The predicted octanol–water partition coefficient (Wildman–Crippen LogP) is 3.72. The van der Waals surface area contributed by atoms with Crippen molar-refractivity contribution in [1.29, 1.82) is 0 Å². The second-order valence-electron chi connectivity index (χ2n) is 9.35. The molecule has 2 atom stereocenters. The fraction of sp³-hybridized carbons (Fsp3) is 0.478. The summed E-state index contributed by atoms with van der Waals surface area (Å²) in [7, 11) is -3.76. The molecular formula is C23H28F2N2O3S. The maximum atomic E-state index is 15.0. The standard InChI is InChI=1S/C23H28F2N2O3S/c1-15-8-9-21(16-6-4-3-5-7-16)31(29,30)27(15)12-17-10-20(25)18(11-19(17)24)23(26)13-22(2,28)14-23/h3-7,10-11,15,21,28H,8-9,12-14,26H2,1-2H3/t15-,21+,22-,23-/m0/s1. The zero-order chi connectivity index (χ0) is 22.6. The molecular weight excluding hydrogens is 422 g/mol. The molecule has 0 aromatic heterocycles. The first-order chi connectivity index (χ1) is 14.4. The zero-order valence-electron chi connectivity index (χ0n) is 17.7. The minimum atomic E-state index is -3.76. The molecule has 8 heteroatoms. The van der Waals surface area contributed by atoms with Gasteiger partial charge in [0.15, 0.2) is 0 Å². The van der Waals surface area contributed by atoms with Gasteiger partial charge in [-0.05, 0) is 57.2 Å². The zero-order valence-corrected chi connectivity index (χ0v) is 18.5. The molecule has 2 aromatic carbocycles. The van der Waals surface area contributed by atoms with E-state index in [4.69, 9.17) is 5.73 Å². The number of halogens is 2. The highest BCUT2D eigenvalue weighted by Gasteiger charge is 2.51. The van der Waals surface area contributed by atoms with Crippen LogP contribution < -0.4 is 5.73 Å². The molecule has 3 N–H and O–H groups in total. The quantitative estimate of drug-likeness (QED) is 0.744. The van der Waals surface area contributed by atoms with Crippen LogP contribution in [-0.4, -0.2) is 29.5 Å². The van der Waals surface area contributed by atoms with Gasteiger partial charge in [-0.3, -0.25) is 0 Å². The average molecular weight is 451 g/mol. The van der Waals surface area contributed by atoms with Gasteiger partial charge in [0.05, 0.1) is 5.60 Å². The highest BCUT2D eigenvalue weighted by atomic mass is 32.2. The van der Waals surface area contributed by atoms with Crippen LogP contribution in [0.25, 0.3) is 0 Å². The SMILES string of the molecule is C[C@H]1CC[C@H](c2ccccc2)S(=O)(=O)N1Cc1cc(F)c([C@]2(N)C[C@](C)(O)C2)cc1F. The van der Waals surface area contributed by atoms with Gasteiger partial charge in [-0.25, -0.2) is 17.2 Å². The van der Waals surface area contributed by atoms with Gasteiger partial charge >= 0.3 is 0 Å². The summed E-state index contributed by atoms with van der Waals surface area (Å²) in [6.45, 7) is 3.14. The number of nitrogens with two attached hydrogens (primary N) is 1. The molecule has 168 valence electrons. The van der Waals surface area contributed by atoms with Gasteiger partial charge in [-0.2, -0.15) is 4.31 Å². The van der Waals surface area contributed by atoms with E-state index in [9.17, 15) is 22.3 Å². The van der Waals surface area contributed by atoms with Crippen LogP contribution in [0.2, 0.25) is 0 Å². The van der Waals surface area contributed by atoms with Crippen LogP contribution in [0.5, 0.6) is 0 Å². The second kappa shape index (κ2) is 7.62. The lowest BCUT2D eigenvalue weighted by atomic mass is 9.63. The Morgan fingerprint density at radius 3 is 2.39 bits per heavy atom. The molecule has 5 nitrogen and oxygen atoms in total. The molecule has 2 fully saturated rings. The summed E-state index contributed by atoms with van der Waals surface area (Å²) >= 11 is 0. The van der Waals surface area contributed by atoms with Crippen LogP contribution in [-0.2, 0) is 22.1 Å². The Hall–Kier alpha value is -1.87. The average Bonchev–Trinajstić information content (AvgIpc) is 2.66. The number of benzene rings is 2. The summed E-state index contributed by atoms with van der Waals surface area (Å²) in [6.07, 6.45) is 1.37. The Bertz CT molecular complexity index is 1080. The van der Waals surface area contributed by atoms with Crippen LogP contribution in [0.4, 0.5) is 8.78 Å². The van der Waals surface area contributed by atoms with Crippen molar-refractivity contribution in [3.05, 3.63) is 70.8 Å². The second-order valence-corrected chi connectivity index (χ2v) is 11.4. The molecule has 1 saturated carbocycles. The van der Waals surface area contributed by atoms with Crippen LogP contribution in [0, 0.1) is 11.6 Å². The van der Waals surface area contributed by atoms with Gasteiger partial charge in [-0.15, -0.1) is 0 Å². The van der Waals surface area contributed by atoms with E-state index < -0.39 is 38.0 Å². The first-order valence-corrected chi connectivity index (χ1v) is 12.0. The maximum Gasteiger partial charge on any atom is 0.221 e. The van der Waals surface area contributed by atoms with Crippen molar-refractivity contribution in [2.75, 3.05) is 0 Å². The highest BCUT2D eigenvalue weighted by Crippen LogP contribution is 2.47. The summed E-state index contributed by atoms with van der Waals surface area (Å²) in [5.41, 5.74) is 4.73. The third-order valence-corrected chi connectivity index (χ3v) is 8.96. The van der Waals surface area contributed by atoms with E-state index in [1.165, 1.54) is 4.31 Å². The topological polar surface area (TPSA) is 83.6 Å². The van der Waals surface area contributed by atoms with Crippen LogP contribution >= 0.6 is 0 Å². The largest absolute Gasteiger partial charge is 0.390 e. The van der Waals surface area contributed by atoms with Crippen molar-refractivity contribution in [2.45, 2.75) is 68.5 Å². The van der Waals surface area contributed by atoms with Crippen LogP contribution in [0.1, 0.15) is 61.5 Å². The minimum Gasteiger partial charge on any atom is -0.390 e. The van der Waals surface area contributed by atoms with E-state index in [2.05, 4.69) is 0 Å². The summed E-state index contributed by atoms with van der Waals surface area (Å²) < 4.78 is 57.8. The van der Waals surface area contributed by atoms with E-state index in [1.54, 1.807) is 38.1 Å². The fourth-order valence-electron chi connectivity index (χ4n) is 5.11. The Balaban J connectivity index is 1.63. The summed E-state index contributed by atoms with van der Waals surface area (Å²) in [6, 6.07) is 10.7. The molecule has 1 saturated heterocycles. The molecule has 1 aliphatic carbocycles. The Morgan fingerprint density at radius 2 is 1.77 bits per heavy atom. The van der Waals surface area contributed by atoms with E-state index >= 15 is 0 Å². The molecule has 0 spiro atoms.